The van der Waals surface area contributed by atoms with Gasteiger partial charge in [0.25, 0.3) is 11.8 Å². The quantitative estimate of drug-likeness (QED) is 0.121. The lowest BCUT2D eigenvalue weighted by molar-refractivity contribution is -0.197. The molecule has 0 aromatic carbocycles. The largest absolute Gasteiger partial charge is 0.481 e. The van der Waals surface area contributed by atoms with Crippen LogP contribution in [0.1, 0.15) is 108 Å². The molecule has 0 bridgehead atoms. The summed E-state index contributed by atoms with van der Waals surface area (Å²) in [6.45, 7) is 4.32. The molecule has 1 rings (SSSR count). The SMILES string of the molecule is C.C.C.C.CCCC(=O)NCCOC(=O)CCC(=O)O.CCCC(=O)NCCOC(=O)CCC(=O)ON1C(=O)CCC1=O. The summed E-state index contributed by atoms with van der Waals surface area (Å²) in [5, 5.41) is 13.9. The number of hydrogen-bond acceptors (Lipinski definition) is 11. The van der Waals surface area contributed by atoms with Crippen LogP contribution in [0.4, 0.5) is 0 Å². The molecular weight excluding hydrogens is 570 g/mol. The zero-order valence-electron chi connectivity index (χ0n) is 22.3. The fourth-order valence-corrected chi connectivity index (χ4v) is 2.70. The van der Waals surface area contributed by atoms with Crippen molar-refractivity contribution in [2.45, 2.75) is 108 Å². The molecule has 1 aliphatic heterocycles. The number of imide groups is 1. The van der Waals surface area contributed by atoms with Crippen molar-refractivity contribution in [1.29, 1.82) is 0 Å². The van der Waals surface area contributed by atoms with Gasteiger partial charge < -0.3 is 30.1 Å². The van der Waals surface area contributed by atoms with Crippen molar-refractivity contribution in [3.8, 4) is 0 Å². The van der Waals surface area contributed by atoms with E-state index in [1.165, 1.54) is 0 Å². The molecular formula is C28H53N3O12. The van der Waals surface area contributed by atoms with Crippen molar-refractivity contribution in [2.24, 2.45) is 0 Å². The molecule has 43 heavy (non-hydrogen) atoms. The van der Waals surface area contributed by atoms with E-state index < -0.39 is 35.7 Å². The Morgan fingerprint density at radius 3 is 1.40 bits per heavy atom. The number of nitrogens with one attached hydrogen (secondary N) is 2. The Morgan fingerprint density at radius 2 is 1.02 bits per heavy atom. The second kappa shape index (κ2) is 29.5. The summed E-state index contributed by atoms with van der Waals surface area (Å²) in [6.07, 6.45) is 1.46. The Kier molecular flexibility index (Phi) is 33.3. The van der Waals surface area contributed by atoms with E-state index in [0.29, 0.717) is 17.9 Å². The minimum atomic E-state index is -1.03. The van der Waals surface area contributed by atoms with Gasteiger partial charge in [-0.1, -0.05) is 43.6 Å². The standard InChI is InChI=1S/C14H20N2O7.C10H17NO5.4CH4/c1-2-3-10(17)15-8-9-22-13(20)6-7-14(21)23-16-11(18)4-5-12(16)19;1-2-3-8(12)11-6-7-16-10(15)5-4-9(13)14;;;;/h2-9H2,1H3,(H,15,17);2-7H2,1H3,(H,11,12)(H,13,14);4*1H4. The number of amides is 4. The molecule has 1 heterocycles. The molecule has 3 N–H and O–H groups in total. The summed E-state index contributed by atoms with van der Waals surface area (Å²) < 4.78 is 9.53. The molecule has 15 nitrogen and oxygen atoms in total. The minimum Gasteiger partial charge on any atom is -0.481 e. The van der Waals surface area contributed by atoms with Crippen LogP contribution in [0.5, 0.6) is 0 Å². The zero-order valence-corrected chi connectivity index (χ0v) is 22.3. The molecule has 4 amide bonds. The van der Waals surface area contributed by atoms with Crippen LogP contribution in [0, 0.1) is 0 Å². The number of ether oxygens (including phenoxy) is 2. The lowest BCUT2D eigenvalue weighted by atomic mass is 10.3. The van der Waals surface area contributed by atoms with Crippen molar-refractivity contribution in [3.63, 3.8) is 0 Å². The zero-order chi connectivity index (χ0) is 29.6. The highest BCUT2D eigenvalue weighted by atomic mass is 16.7. The summed E-state index contributed by atoms with van der Waals surface area (Å²) >= 11 is 0. The van der Waals surface area contributed by atoms with Gasteiger partial charge in [0, 0.05) is 25.7 Å². The molecule has 0 atom stereocenters. The molecule has 0 aromatic heterocycles. The van der Waals surface area contributed by atoms with Crippen LogP contribution in [-0.2, 0) is 52.7 Å². The van der Waals surface area contributed by atoms with Crippen LogP contribution in [0.2, 0.25) is 0 Å². The molecule has 0 unspecified atom stereocenters. The van der Waals surface area contributed by atoms with E-state index in [4.69, 9.17) is 14.6 Å². The maximum atomic E-state index is 11.5. The molecule has 1 aliphatic rings. The van der Waals surface area contributed by atoms with Gasteiger partial charge >= 0.3 is 23.9 Å². The van der Waals surface area contributed by atoms with E-state index in [0.717, 1.165) is 12.8 Å². The van der Waals surface area contributed by atoms with Gasteiger partial charge in [0.1, 0.15) is 13.2 Å². The highest BCUT2D eigenvalue weighted by molar-refractivity contribution is 6.01. The summed E-state index contributed by atoms with van der Waals surface area (Å²) in [5.74, 6) is -4.44. The van der Waals surface area contributed by atoms with Crippen LogP contribution < -0.4 is 10.6 Å². The summed E-state index contributed by atoms with van der Waals surface area (Å²) in [5.41, 5.74) is 0. The summed E-state index contributed by atoms with van der Waals surface area (Å²) in [6, 6.07) is 0. The maximum absolute atomic E-state index is 11.5. The Labute approximate surface area is 255 Å². The average Bonchev–Trinajstić information content (AvgIpc) is 3.19. The molecule has 0 aromatic rings. The highest BCUT2D eigenvalue weighted by Gasteiger charge is 2.32. The minimum absolute atomic E-state index is 0. The van der Waals surface area contributed by atoms with E-state index in [9.17, 15) is 38.4 Å². The fraction of sp³-hybridized carbons (Fsp3) is 0.714. The van der Waals surface area contributed by atoms with Crippen LogP contribution in [0.25, 0.3) is 0 Å². The maximum Gasteiger partial charge on any atom is 0.333 e. The second-order valence-corrected chi connectivity index (χ2v) is 8.08. The number of carbonyl (C=O) groups is 8. The molecule has 252 valence electrons. The molecule has 0 spiro atoms. The van der Waals surface area contributed by atoms with Gasteiger partial charge in [-0.2, -0.15) is 0 Å². The number of carboxylic acids is 1. The number of carboxylic acid groups (broad SMARTS) is 1. The first-order valence-electron chi connectivity index (χ1n) is 12.6. The number of carbonyl (C=O) groups excluding carboxylic acids is 7. The molecule has 0 aliphatic carbocycles. The number of hydrogen-bond donors (Lipinski definition) is 3. The first-order chi connectivity index (χ1) is 18.5. The molecule has 1 fully saturated rings. The van der Waals surface area contributed by atoms with E-state index >= 15 is 0 Å². The van der Waals surface area contributed by atoms with Crippen LogP contribution >= 0.6 is 0 Å². The molecule has 15 heteroatoms. The van der Waals surface area contributed by atoms with Crippen molar-refractivity contribution in [3.05, 3.63) is 0 Å². The van der Waals surface area contributed by atoms with Gasteiger partial charge in [-0.15, -0.1) is 5.06 Å². The van der Waals surface area contributed by atoms with E-state index in [1.54, 1.807) is 0 Å². The van der Waals surface area contributed by atoms with E-state index in [2.05, 4.69) is 15.5 Å². The number of nitrogens with zero attached hydrogens (tertiary/aromatic N) is 1. The van der Waals surface area contributed by atoms with Crippen LogP contribution in [-0.4, -0.2) is 84.0 Å². The average molecular weight is 624 g/mol. The predicted octanol–water partition coefficient (Wildman–Crippen LogP) is 2.69. The van der Waals surface area contributed by atoms with Crippen molar-refractivity contribution in [2.75, 3.05) is 26.3 Å². The first-order valence-corrected chi connectivity index (χ1v) is 12.6. The third kappa shape index (κ3) is 26.6. The molecule has 0 radical (unpaired) electrons. The normalized spacial score (nSPS) is 11.0. The molecule has 0 saturated carbocycles. The lowest BCUT2D eigenvalue weighted by Crippen LogP contribution is -2.32. The van der Waals surface area contributed by atoms with Gasteiger partial charge in [-0.25, -0.2) is 4.79 Å². The van der Waals surface area contributed by atoms with Gasteiger partial charge in [-0.05, 0) is 12.8 Å². The second-order valence-electron chi connectivity index (χ2n) is 8.08. The van der Waals surface area contributed by atoms with Gasteiger partial charge in [-0.3, -0.25) is 33.6 Å². The van der Waals surface area contributed by atoms with Gasteiger partial charge in [0.2, 0.25) is 11.8 Å². The van der Waals surface area contributed by atoms with Crippen LogP contribution in [0.15, 0.2) is 0 Å². The Bertz CT molecular complexity index is 861. The van der Waals surface area contributed by atoms with E-state index in [1.807, 2.05) is 13.8 Å². The Morgan fingerprint density at radius 1 is 0.651 bits per heavy atom. The number of esters is 2. The van der Waals surface area contributed by atoms with Crippen molar-refractivity contribution in [1.82, 2.24) is 15.7 Å². The van der Waals surface area contributed by atoms with Crippen molar-refractivity contribution < 1.29 is 57.8 Å². The fourth-order valence-electron chi connectivity index (χ4n) is 2.70. The molecule has 1 saturated heterocycles. The van der Waals surface area contributed by atoms with Crippen molar-refractivity contribution >= 4 is 47.5 Å². The Balaban J connectivity index is -0.000000216. The topological polar surface area (TPSA) is 212 Å². The smallest absolute Gasteiger partial charge is 0.333 e. The summed E-state index contributed by atoms with van der Waals surface area (Å²) in [4.78, 5) is 93.1. The van der Waals surface area contributed by atoms with Crippen LogP contribution in [0.3, 0.4) is 0 Å². The third-order valence-corrected chi connectivity index (χ3v) is 4.60. The number of rotatable bonds is 17. The Hall–Kier alpha value is -4.04. The number of aliphatic carboxylic acids is 1. The van der Waals surface area contributed by atoms with Gasteiger partial charge in [0.15, 0.2) is 0 Å². The lowest BCUT2D eigenvalue weighted by Gasteiger charge is -2.12. The van der Waals surface area contributed by atoms with E-state index in [-0.39, 0.29) is 106 Å². The number of hydroxylamine groups is 2. The highest BCUT2D eigenvalue weighted by Crippen LogP contribution is 2.13. The predicted molar refractivity (Wildman–Crippen MR) is 158 cm³/mol. The summed E-state index contributed by atoms with van der Waals surface area (Å²) in [7, 11) is 0. The monoisotopic (exact) mass is 623 g/mol. The van der Waals surface area contributed by atoms with Gasteiger partial charge in [0.05, 0.1) is 38.8 Å². The first kappa shape index (κ1) is 48.7. The third-order valence-electron chi connectivity index (χ3n) is 4.60.